The van der Waals surface area contributed by atoms with Crippen molar-refractivity contribution in [3.63, 3.8) is 0 Å². The SMILES string of the molecule is CC(C)(O)Cn1ncc2cc(-c3nc4cnc(NC5CC5)nc4n(-c4ccc(OC(F)F)cc4)c3=O)ccc21. The molecule has 2 N–H and O–H groups in total. The Morgan fingerprint density at radius 3 is 2.59 bits per heavy atom. The lowest BCUT2D eigenvalue weighted by Gasteiger charge is -2.17. The normalized spacial score (nSPS) is 13.9. The highest BCUT2D eigenvalue weighted by molar-refractivity contribution is 5.85. The molecule has 0 aliphatic heterocycles. The fourth-order valence-electron chi connectivity index (χ4n) is 4.39. The Morgan fingerprint density at radius 2 is 1.90 bits per heavy atom. The average Bonchev–Trinajstić information content (AvgIpc) is 3.62. The van der Waals surface area contributed by atoms with Crippen molar-refractivity contribution in [2.45, 2.75) is 51.5 Å². The van der Waals surface area contributed by atoms with E-state index >= 15 is 0 Å². The number of halogens is 2. The minimum absolute atomic E-state index is 0.0281. The minimum Gasteiger partial charge on any atom is -0.435 e. The molecule has 200 valence electrons. The van der Waals surface area contributed by atoms with Crippen LogP contribution in [0.1, 0.15) is 26.7 Å². The van der Waals surface area contributed by atoms with Gasteiger partial charge >= 0.3 is 6.61 Å². The predicted octanol–water partition coefficient (Wildman–Crippen LogP) is 4.14. The van der Waals surface area contributed by atoms with Gasteiger partial charge in [-0.05, 0) is 63.1 Å². The second-order valence-corrected chi connectivity index (χ2v) is 10.2. The Hall–Kier alpha value is -4.45. The maximum Gasteiger partial charge on any atom is 0.387 e. The van der Waals surface area contributed by atoms with E-state index in [1.807, 2.05) is 12.1 Å². The molecule has 10 nitrogen and oxygen atoms in total. The molecule has 0 saturated heterocycles. The lowest BCUT2D eigenvalue weighted by Crippen LogP contribution is -2.26. The number of benzene rings is 2. The molecule has 0 unspecified atom stereocenters. The van der Waals surface area contributed by atoms with Crippen LogP contribution < -0.4 is 15.6 Å². The Labute approximate surface area is 220 Å². The highest BCUT2D eigenvalue weighted by atomic mass is 19.3. The molecule has 5 aromatic rings. The second-order valence-electron chi connectivity index (χ2n) is 10.2. The molecule has 1 fully saturated rings. The lowest BCUT2D eigenvalue weighted by atomic mass is 10.1. The van der Waals surface area contributed by atoms with E-state index in [1.165, 1.54) is 28.8 Å². The fraction of sp³-hybridized carbons (Fsp3) is 0.296. The van der Waals surface area contributed by atoms with Crippen molar-refractivity contribution in [1.29, 1.82) is 0 Å². The Bertz CT molecular complexity index is 1740. The topological polar surface area (TPSA) is 120 Å². The number of hydrogen-bond acceptors (Lipinski definition) is 8. The molecule has 3 heterocycles. The molecule has 1 aliphatic carbocycles. The number of fused-ring (bicyclic) bond motifs is 2. The zero-order chi connectivity index (χ0) is 27.3. The van der Waals surface area contributed by atoms with Gasteiger partial charge < -0.3 is 15.2 Å². The molecule has 2 aromatic carbocycles. The van der Waals surface area contributed by atoms with Gasteiger partial charge in [-0.15, -0.1) is 0 Å². The monoisotopic (exact) mass is 533 g/mol. The van der Waals surface area contributed by atoms with E-state index in [0.717, 1.165) is 23.7 Å². The third-order valence-corrected chi connectivity index (χ3v) is 6.28. The minimum atomic E-state index is -2.96. The third kappa shape index (κ3) is 5.15. The largest absolute Gasteiger partial charge is 0.435 e. The van der Waals surface area contributed by atoms with E-state index in [1.54, 1.807) is 37.0 Å². The van der Waals surface area contributed by atoms with Crippen molar-refractivity contribution in [3.8, 4) is 22.7 Å². The first-order valence-corrected chi connectivity index (χ1v) is 12.4. The molecule has 0 bridgehead atoms. The molecule has 12 heteroatoms. The summed E-state index contributed by atoms with van der Waals surface area (Å²) in [7, 11) is 0. The van der Waals surface area contributed by atoms with Crippen molar-refractivity contribution in [2.24, 2.45) is 0 Å². The van der Waals surface area contributed by atoms with Crippen LogP contribution in [0.2, 0.25) is 0 Å². The van der Waals surface area contributed by atoms with Crippen molar-refractivity contribution < 1.29 is 18.6 Å². The molecule has 6 rings (SSSR count). The number of aliphatic hydroxyl groups is 1. The Morgan fingerprint density at radius 1 is 1.13 bits per heavy atom. The van der Waals surface area contributed by atoms with Gasteiger partial charge in [-0.2, -0.15) is 18.9 Å². The van der Waals surface area contributed by atoms with Crippen LogP contribution >= 0.6 is 0 Å². The van der Waals surface area contributed by atoms with Crippen molar-refractivity contribution in [1.82, 2.24) is 29.3 Å². The third-order valence-electron chi connectivity index (χ3n) is 6.28. The molecule has 39 heavy (non-hydrogen) atoms. The van der Waals surface area contributed by atoms with E-state index in [2.05, 4.69) is 30.1 Å². The first-order chi connectivity index (χ1) is 18.6. The number of anilines is 1. The van der Waals surface area contributed by atoms with Gasteiger partial charge in [0.25, 0.3) is 5.56 Å². The van der Waals surface area contributed by atoms with E-state index in [4.69, 9.17) is 0 Å². The van der Waals surface area contributed by atoms with Crippen LogP contribution in [0.5, 0.6) is 5.75 Å². The van der Waals surface area contributed by atoms with Gasteiger partial charge in [0, 0.05) is 17.0 Å². The van der Waals surface area contributed by atoms with Crippen molar-refractivity contribution in [3.05, 3.63) is 65.2 Å². The van der Waals surface area contributed by atoms with Crippen LogP contribution in [0, 0.1) is 0 Å². The summed E-state index contributed by atoms with van der Waals surface area (Å²) in [5, 5.41) is 18.6. The van der Waals surface area contributed by atoms with E-state index in [-0.39, 0.29) is 17.1 Å². The van der Waals surface area contributed by atoms with Crippen LogP contribution in [0.4, 0.5) is 14.7 Å². The summed E-state index contributed by atoms with van der Waals surface area (Å²) >= 11 is 0. The highest BCUT2D eigenvalue weighted by Gasteiger charge is 2.23. The number of nitrogens with zero attached hydrogens (tertiary/aromatic N) is 6. The Balaban J connectivity index is 1.49. The van der Waals surface area contributed by atoms with Crippen LogP contribution in [0.15, 0.2) is 59.7 Å². The molecular formula is C27H25F2N7O3. The van der Waals surface area contributed by atoms with E-state index < -0.39 is 17.8 Å². The summed E-state index contributed by atoms with van der Waals surface area (Å²) in [6, 6.07) is 11.5. The Kier molecular flexibility index (Phi) is 5.98. The summed E-state index contributed by atoms with van der Waals surface area (Å²) in [5.41, 5.74) is 1.21. The summed E-state index contributed by atoms with van der Waals surface area (Å²) in [6.07, 6.45) is 5.27. The number of nitrogens with one attached hydrogen (secondary N) is 1. The summed E-state index contributed by atoms with van der Waals surface area (Å²) in [5.74, 6) is 0.352. The standard InChI is InChI=1S/C27H25F2N7O3/c1-27(2,38)14-35-21-10-3-15(11-16(21)12-31-35)22-24(37)36(18-6-8-19(9-7-18)39-25(28)29)23-20(33-22)13-30-26(34-23)32-17-4-5-17/h3,6-13,17,25,38H,4-5,14H2,1-2H3,(H,30,32,34). The van der Waals surface area contributed by atoms with Gasteiger partial charge in [-0.25, -0.2) is 9.97 Å². The van der Waals surface area contributed by atoms with Crippen molar-refractivity contribution in [2.75, 3.05) is 5.32 Å². The molecule has 0 atom stereocenters. The molecule has 0 amide bonds. The van der Waals surface area contributed by atoms with E-state index in [0.29, 0.717) is 35.3 Å². The van der Waals surface area contributed by atoms with Crippen LogP contribution in [-0.2, 0) is 6.54 Å². The summed E-state index contributed by atoms with van der Waals surface area (Å²) < 4.78 is 32.9. The molecule has 1 aliphatic rings. The van der Waals surface area contributed by atoms with E-state index in [9.17, 15) is 18.7 Å². The van der Waals surface area contributed by atoms with Gasteiger partial charge in [0.2, 0.25) is 5.95 Å². The molecule has 1 saturated carbocycles. The van der Waals surface area contributed by atoms with Gasteiger partial charge in [0.15, 0.2) is 5.65 Å². The quantitative estimate of drug-likeness (QED) is 0.305. The molecule has 3 aromatic heterocycles. The second kappa shape index (κ2) is 9.38. The summed E-state index contributed by atoms with van der Waals surface area (Å²) in [6.45, 7) is 0.752. The van der Waals surface area contributed by atoms with Gasteiger partial charge in [-0.1, -0.05) is 6.07 Å². The van der Waals surface area contributed by atoms with Crippen LogP contribution in [0.3, 0.4) is 0 Å². The zero-order valence-electron chi connectivity index (χ0n) is 21.2. The lowest BCUT2D eigenvalue weighted by molar-refractivity contribution is -0.0498. The number of rotatable bonds is 8. The van der Waals surface area contributed by atoms with Gasteiger partial charge in [0.1, 0.15) is 17.0 Å². The number of ether oxygens (including phenoxy) is 1. The predicted molar refractivity (Wildman–Crippen MR) is 141 cm³/mol. The van der Waals surface area contributed by atoms with Gasteiger partial charge in [-0.3, -0.25) is 14.0 Å². The smallest absolute Gasteiger partial charge is 0.387 e. The van der Waals surface area contributed by atoms with Crippen molar-refractivity contribution >= 4 is 28.0 Å². The fourth-order valence-corrected chi connectivity index (χ4v) is 4.39. The number of aromatic nitrogens is 6. The number of hydrogen-bond donors (Lipinski definition) is 2. The zero-order valence-corrected chi connectivity index (χ0v) is 21.2. The van der Waals surface area contributed by atoms with Crippen LogP contribution in [-0.4, -0.2) is 52.7 Å². The highest BCUT2D eigenvalue weighted by Crippen LogP contribution is 2.27. The maximum atomic E-state index is 13.9. The first kappa shape index (κ1) is 24.9. The maximum absolute atomic E-state index is 13.9. The average molecular weight is 534 g/mol. The van der Waals surface area contributed by atoms with Gasteiger partial charge in [0.05, 0.1) is 35.7 Å². The van der Waals surface area contributed by atoms with Crippen LogP contribution in [0.25, 0.3) is 39.0 Å². The molecule has 0 spiro atoms. The number of alkyl halides is 2. The first-order valence-electron chi connectivity index (χ1n) is 12.4. The summed E-state index contributed by atoms with van der Waals surface area (Å²) in [4.78, 5) is 27.5. The molecule has 0 radical (unpaired) electrons. The molecular weight excluding hydrogens is 508 g/mol.